The van der Waals surface area contributed by atoms with Crippen LogP contribution in [0.3, 0.4) is 0 Å². The number of unbranched alkanes of at least 4 members (excludes halogenated alkanes) is 1. The van der Waals surface area contributed by atoms with Crippen LogP contribution in [0.15, 0.2) is 30.5 Å². The fourth-order valence-corrected chi connectivity index (χ4v) is 3.23. The first-order valence-corrected chi connectivity index (χ1v) is 10.2. The van der Waals surface area contributed by atoms with Gasteiger partial charge in [0.2, 0.25) is 0 Å². The fourth-order valence-electron chi connectivity index (χ4n) is 2.73. The van der Waals surface area contributed by atoms with Gasteiger partial charge in [-0.25, -0.2) is 4.98 Å². The number of aromatic nitrogens is 1. The molecule has 0 aliphatic heterocycles. The molecule has 1 aromatic heterocycles. The molecule has 6 heteroatoms. The molecular weight excluding hydrogens is 457 g/mol. The molecule has 0 fully saturated rings. The van der Waals surface area contributed by atoms with Crippen LogP contribution in [0.1, 0.15) is 37.3 Å². The monoisotopic (exact) mass is 483 g/mol. The Balaban J connectivity index is 1.76. The van der Waals surface area contributed by atoms with Gasteiger partial charge in [0.1, 0.15) is 21.5 Å². The van der Waals surface area contributed by atoms with Crippen molar-refractivity contribution in [3.63, 3.8) is 0 Å². The maximum absolute atomic E-state index is 10.6. The van der Waals surface area contributed by atoms with Crippen molar-refractivity contribution in [2.75, 3.05) is 13.2 Å². The summed E-state index contributed by atoms with van der Waals surface area (Å²) in [6, 6.07) is 7.55. The third-order valence-corrected chi connectivity index (χ3v) is 5.12. The Morgan fingerprint density at radius 2 is 1.89 bits per heavy atom. The molecule has 5 nitrogen and oxygen atoms in total. The molecule has 27 heavy (non-hydrogen) atoms. The summed E-state index contributed by atoms with van der Waals surface area (Å²) in [6.45, 7) is 5.03. The highest BCUT2D eigenvalue weighted by molar-refractivity contribution is 14.1. The van der Waals surface area contributed by atoms with Gasteiger partial charge in [0.25, 0.3) is 0 Å². The van der Waals surface area contributed by atoms with Crippen LogP contribution >= 0.6 is 22.6 Å². The van der Waals surface area contributed by atoms with Crippen molar-refractivity contribution in [3.8, 4) is 17.2 Å². The van der Waals surface area contributed by atoms with Crippen molar-refractivity contribution in [2.45, 2.75) is 39.5 Å². The van der Waals surface area contributed by atoms with Crippen molar-refractivity contribution in [1.82, 2.24) is 4.98 Å². The molecule has 0 spiro atoms. The zero-order valence-corrected chi connectivity index (χ0v) is 17.9. The number of ether oxygens (including phenoxy) is 2. The molecule has 0 amide bonds. The van der Waals surface area contributed by atoms with Gasteiger partial charge in [-0.3, -0.25) is 0 Å². The zero-order valence-electron chi connectivity index (χ0n) is 15.8. The lowest BCUT2D eigenvalue weighted by atomic mass is 9.96. The summed E-state index contributed by atoms with van der Waals surface area (Å²) in [7, 11) is 0. The van der Waals surface area contributed by atoms with E-state index in [9.17, 15) is 9.90 Å². The lowest BCUT2D eigenvalue weighted by Crippen LogP contribution is -2.05. The van der Waals surface area contributed by atoms with Gasteiger partial charge in [-0.05, 0) is 78.5 Å². The lowest BCUT2D eigenvalue weighted by molar-refractivity contribution is -0.108. The Labute approximate surface area is 174 Å². The summed E-state index contributed by atoms with van der Waals surface area (Å²) in [5.41, 5.74) is 1.60. The minimum absolute atomic E-state index is 0.211. The number of hydrogen-bond donors (Lipinski definition) is 1. The van der Waals surface area contributed by atoms with Crippen LogP contribution < -0.4 is 9.47 Å². The number of carbonyl (C=O) groups excluding carboxylic acids is 1. The molecule has 0 aliphatic carbocycles. The highest BCUT2D eigenvalue weighted by Gasteiger charge is 2.12. The number of phenolic OH excluding ortho intramolecular Hbond substituents is 1. The summed E-state index contributed by atoms with van der Waals surface area (Å²) in [4.78, 5) is 14.8. The van der Waals surface area contributed by atoms with E-state index in [2.05, 4.69) is 27.6 Å². The topological polar surface area (TPSA) is 68.7 Å². The van der Waals surface area contributed by atoms with Crippen molar-refractivity contribution in [3.05, 3.63) is 45.3 Å². The largest absolute Gasteiger partial charge is 0.507 e. The van der Waals surface area contributed by atoms with Gasteiger partial charge in [0.05, 0.1) is 13.2 Å². The first-order chi connectivity index (χ1) is 13.0. The molecule has 0 bridgehead atoms. The van der Waals surface area contributed by atoms with E-state index in [1.807, 2.05) is 38.1 Å². The highest BCUT2D eigenvalue weighted by atomic mass is 127. The maximum atomic E-state index is 10.6. The second kappa shape index (κ2) is 11.1. The van der Waals surface area contributed by atoms with E-state index in [1.165, 1.54) is 0 Å². The van der Waals surface area contributed by atoms with Crippen LogP contribution in [0.4, 0.5) is 0 Å². The second-order valence-corrected chi connectivity index (χ2v) is 7.63. The van der Waals surface area contributed by atoms with Crippen LogP contribution in [0.5, 0.6) is 17.2 Å². The third-order valence-electron chi connectivity index (χ3n) is 4.31. The summed E-state index contributed by atoms with van der Waals surface area (Å²) in [5, 5.41) is 10.4. The first kappa shape index (κ1) is 21.5. The van der Waals surface area contributed by atoms with Gasteiger partial charge in [-0.2, -0.15) is 0 Å². The van der Waals surface area contributed by atoms with Gasteiger partial charge in [-0.1, -0.05) is 13.0 Å². The van der Waals surface area contributed by atoms with E-state index >= 15 is 0 Å². The van der Waals surface area contributed by atoms with E-state index in [0.717, 1.165) is 39.7 Å². The van der Waals surface area contributed by atoms with Crippen LogP contribution in [-0.4, -0.2) is 29.6 Å². The Kier molecular flexibility index (Phi) is 8.84. The molecule has 0 radical (unpaired) electrons. The molecule has 1 unspecified atom stereocenters. The van der Waals surface area contributed by atoms with Gasteiger partial charge in [-0.15, -0.1) is 0 Å². The van der Waals surface area contributed by atoms with Crippen LogP contribution in [-0.2, 0) is 11.2 Å². The molecule has 1 atom stereocenters. The number of pyridine rings is 1. The van der Waals surface area contributed by atoms with Gasteiger partial charge in [0, 0.05) is 18.2 Å². The fraction of sp³-hybridized carbons (Fsp3) is 0.429. The number of benzene rings is 1. The zero-order chi connectivity index (χ0) is 19.6. The number of carbonyl (C=O) groups is 1. The predicted molar refractivity (Wildman–Crippen MR) is 114 cm³/mol. The average molecular weight is 483 g/mol. The summed E-state index contributed by atoms with van der Waals surface area (Å²) >= 11 is 2.16. The van der Waals surface area contributed by atoms with E-state index < -0.39 is 0 Å². The molecule has 1 N–H and O–H groups in total. The molecule has 2 rings (SSSR count). The molecule has 146 valence electrons. The first-order valence-electron chi connectivity index (χ1n) is 9.14. The van der Waals surface area contributed by atoms with Crippen LogP contribution in [0.2, 0.25) is 0 Å². The molecule has 0 saturated heterocycles. The summed E-state index contributed by atoms with van der Waals surface area (Å²) in [6.07, 6.45) is 5.57. The standard InChI is InChI=1S/C21H26INO4/c1-15(9-11-24)14-17-7-8-18(16(2)20(17)25)26-12-3-4-13-27-19-6-5-10-23-21(19)22/h5-8,10-11,15,25H,3-4,9,12-14H2,1-2H3. The van der Waals surface area contributed by atoms with E-state index in [-0.39, 0.29) is 11.7 Å². The number of nitrogens with zero attached hydrogens (tertiary/aromatic N) is 1. The van der Waals surface area contributed by atoms with Gasteiger partial charge in [0.15, 0.2) is 5.75 Å². The van der Waals surface area contributed by atoms with Crippen molar-refractivity contribution in [1.29, 1.82) is 0 Å². The van der Waals surface area contributed by atoms with Crippen molar-refractivity contribution < 1.29 is 19.4 Å². The molecule has 0 saturated carbocycles. The smallest absolute Gasteiger partial charge is 0.151 e. The minimum Gasteiger partial charge on any atom is -0.507 e. The summed E-state index contributed by atoms with van der Waals surface area (Å²) < 4.78 is 12.4. The normalized spacial score (nSPS) is 11.8. The Bertz CT molecular complexity index is 751. The molecule has 2 aromatic rings. The molecule has 1 heterocycles. The van der Waals surface area contributed by atoms with Crippen molar-refractivity contribution >= 4 is 28.9 Å². The van der Waals surface area contributed by atoms with Gasteiger partial charge < -0.3 is 19.4 Å². The lowest BCUT2D eigenvalue weighted by Gasteiger charge is -2.15. The number of hydrogen-bond acceptors (Lipinski definition) is 5. The molecule has 0 aliphatic rings. The van der Waals surface area contributed by atoms with E-state index in [4.69, 9.17) is 9.47 Å². The van der Waals surface area contributed by atoms with E-state index in [0.29, 0.717) is 31.8 Å². The number of rotatable bonds is 11. The third kappa shape index (κ3) is 6.68. The number of aldehydes is 1. The Hall–Kier alpha value is -1.83. The Morgan fingerprint density at radius 3 is 2.56 bits per heavy atom. The van der Waals surface area contributed by atoms with Gasteiger partial charge >= 0.3 is 0 Å². The number of phenols is 1. The quantitative estimate of drug-likeness (QED) is 0.217. The Morgan fingerprint density at radius 1 is 1.19 bits per heavy atom. The summed E-state index contributed by atoms with van der Waals surface area (Å²) in [5.74, 6) is 1.98. The number of aromatic hydroxyl groups is 1. The highest BCUT2D eigenvalue weighted by Crippen LogP contribution is 2.32. The number of halogens is 1. The minimum atomic E-state index is 0.211. The molecule has 1 aromatic carbocycles. The van der Waals surface area contributed by atoms with Crippen molar-refractivity contribution in [2.24, 2.45) is 5.92 Å². The van der Waals surface area contributed by atoms with E-state index in [1.54, 1.807) is 6.20 Å². The molecular formula is C21H26INO4. The predicted octanol–water partition coefficient (Wildman–Crippen LogP) is 4.71. The maximum Gasteiger partial charge on any atom is 0.151 e. The van der Waals surface area contributed by atoms with Crippen LogP contribution in [0, 0.1) is 16.5 Å². The second-order valence-electron chi connectivity index (χ2n) is 6.60. The SMILES string of the molecule is Cc1c(OCCCCOc2cccnc2I)ccc(CC(C)CC=O)c1O. The average Bonchev–Trinajstić information content (AvgIpc) is 2.65. The van der Waals surface area contributed by atoms with Crippen LogP contribution in [0.25, 0.3) is 0 Å².